The third-order valence-electron chi connectivity index (χ3n) is 4.14. The van der Waals surface area contributed by atoms with Gasteiger partial charge in [-0.1, -0.05) is 11.8 Å². The number of fused-ring (bicyclic) bond motifs is 1. The number of carboxylic acid groups (broad SMARTS) is 1. The van der Waals surface area contributed by atoms with E-state index in [1.54, 1.807) is 12.1 Å². The number of carbonyl (C=O) groups excluding carboxylic acids is 1. The number of thioether (sulfide) groups is 1. The van der Waals surface area contributed by atoms with Gasteiger partial charge in [-0.15, -0.1) is 0 Å². The highest BCUT2D eigenvalue weighted by molar-refractivity contribution is 8.00. The van der Waals surface area contributed by atoms with Gasteiger partial charge in [0, 0.05) is 11.4 Å². The molecule has 0 atom stereocenters. The van der Waals surface area contributed by atoms with Crippen LogP contribution in [-0.2, 0) is 17.6 Å². The number of hydrogen-bond donors (Lipinski definition) is 2. The number of aromatic nitrogens is 1. The molecule has 1 amide bonds. The first kappa shape index (κ1) is 18.0. The van der Waals surface area contributed by atoms with Crippen molar-refractivity contribution in [3.8, 4) is 6.07 Å². The summed E-state index contributed by atoms with van der Waals surface area (Å²) < 4.78 is 0. The van der Waals surface area contributed by atoms with Crippen LogP contribution in [0.25, 0.3) is 0 Å². The van der Waals surface area contributed by atoms with Crippen LogP contribution in [0.15, 0.2) is 35.4 Å². The highest BCUT2D eigenvalue weighted by atomic mass is 32.2. The average Bonchev–Trinajstić information content (AvgIpc) is 2.66. The molecule has 3 rings (SSSR count). The van der Waals surface area contributed by atoms with Crippen molar-refractivity contribution < 1.29 is 14.7 Å². The van der Waals surface area contributed by atoms with E-state index in [2.05, 4.69) is 16.4 Å². The number of amides is 1. The Kier molecular flexibility index (Phi) is 5.54. The van der Waals surface area contributed by atoms with Crippen LogP contribution in [0.1, 0.15) is 40.0 Å². The molecule has 0 bridgehead atoms. The minimum absolute atomic E-state index is 0.126. The van der Waals surface area contributed by atoms with E-state index in [4.69, 9.17) is 5.11 Å². The summed E-state index contributed by atoms with van der Waals surface area (Å²) in [5.41, 5.74) is 3.37. The highest BCUT2D eigenvalue weighted by Gasteiger charge is 2.16. The fourth-order valence-corrected chi connectivity index (χ4v) is 3.61. The summed E-state index contributed by atoms with van der Waals surface area (Å²) in [7, 11) is 0. The first-order valence-electron chi connectivity index (χ1n) is 8.25. The molecule has 0 aliphatic heterocycles. The van der Waals surface area contributed by atoms with Gasteiger partial charge in [0.05, 0.1) is 16.9 Å². The Bertz CT molecular complexity index is 888. The van der Waals surface area contributed by atoms with Crippen LogP contribution >= 0.6 is 11.8 Å². The van der Waals surface area contributed by atoms with Crippen molar-refractivity contribution in [1.29, 1.82) is 5.26 Å². The second-order valence-corrected chi connectivity index (χ2v) is 6.95. The Hall–Kier alpha value is -2.85. The third kappa shape index (κ3) is 4.21. The molecule has 1 aliphatic rings. The van der Waals surface area contributed by atoms with Crippen LogP contribution in [0, 0.1) is 11.3 Å². The lowest BCUT2D eigenvalue weighted by Crippen LogP contribution is -2.15. The maximum atomic E-state index is 12.1. The predicted octanol–water partition coefficient (Wildman–Crippen LogP) is 3.26. The third-order valence-corrected chi connectivity index (χ3v) is 5.13. The van der Waals surface area contributed by atoms with E-state index in [1.165, 1.54) is 23.9 Å². The number of nitrogens with one attached hydrogen (secondary N) is 1. The fourth-order valence-electron chi connectivity index (χ4n) is 2.83. The molecule has 1 heterocycles. The molecule has 0 spiro atoms. The summed E-state index contributed by atoms with van der Waals surface area (Å²) in [6, 6.07) is 10.0. The normalized spacial score (nSPS) is 12.7. The van der Waals surface area contributed by atoms with Crippen molar-refractivity contribution >= 4 is 29.3 Å². The fraction of sp³-hybridized carbons (Fsp3) is 0.263. The smallest absolute Gasteiger partial charge is 0.335 e. The Balaban J connectivity index is 1.64. The zero-order chi connectivity index (χ0) is 18.5. The van der Waals surface area contributed by atoms with E-state index in [9.17, 15) is 14.9 Å². The van der Waals surface area contributed by atoms with E-state index in [0.717, 1.165) is 36.9 Å². The Morgan fingerprint density at radius 1 is 1.23 bits per heavy atom. The molecule has 7 heteroatoms. The zero-order valence-electron chi connectivity index (χ0n) is 14.0. The first-order chi connectivity index (χ1) is 12.6. The Labute approximate surface area is 155 Å². The molecule has 26 heavy (non-hydrogen) atoms. The second kappa shape index (κ2) is 8.02. The minimum atomic E-state index is -1.01. The van der Waals surface area contributed by atoms with Gasteiger partial charge in [0.15, 0.2) is 0 Å². The van der Waals surface area contributed by atoms with Gasteiger partial charge in [0.1, 0.15) is 11.1 Å². The van der Waals surface area contributed by atoms with Gasteiger partial charge in [0.25, 0.3) is 0 Å². The quantitative estimate of drug-likeness (QED) is 0.786. The number of rotatable bonds is 5. The molecule has 2 N–H and O–H groups in total. The SMILES string of the molecule is N#Cc1cc2c(nc1SCC(=O)Nc1ccc(C(=O)O)cc1)CCCC2. The predicted molar refractivity (Wildman–Crippen MR) is 98.3 cm³/mol. The van der Waals surface area contributed by atoms with Crippen molar-refractivity contribution in [3.63, 3.8) is 0 Å². The molecular formula is C19H17N3O3S. The molecule has 132 valence electrons. The van der Waals surface area contributed by atoms with Gasteiger partial charge in [-0.25, -0.2) is 9.78 Å². The van der Waals surface area contributed by atoms with Crippen LogP contribution in [-0.4, -0.2) is 27.7 Å². The number of anilines is 1. The number of nitriles is 1. The number of carboxylic acids is 1. The number of nitrogens with zero attached hydrogens (tertiary/aromatic N) is 2. The molecular weight excluding hydrogens is 350 g/mol. The van der Waals surface area contributed by atoms with Crippen LogP contribution in [0.5, 0.6) is 0 Å². The van der Waals surface area contributed by atoms with E-state index in [-0.39, 0.29) is 17.2 Å². The molecule has 0 saturated carbocycles. The molecule has 0 radical (unpaired) electrons. The van der Waals surface area contributed by atoms with E-state index in [1.807, 2.05) is 6.07 Å². The van der Waals surface area contributed by atoms with Gasteiger partial charge < -0.3 is 10.4 Å². The second-order valence-electron chi connectivity index (χ2n) is 5.99. The van der Waals surface area contributed by atoms with Crippen molar-refractivity contribution in [2.24, 2.45) is 0 Å². The lowest BCUT2D eigenvalue weighted by Gasteiger charge is -2.16. The molecule has 0 unspecified atom stereocenters. The van der Waals surface area contributed by atoms with E-state index < -0.39 is 5.97 Å². The van der Waals surface area contributed by atoms with Gasteiger partial charge in [0.2, 0.25) is 5.91 Å². The number of aromatic carboxylic acids is 1. The monoisotopic (exact) mass is 367 g/mol. The summed E-state index contributed by atoms with van der Waals surface area (Å²) >= 11 is 1.24. The molecule has 0 saturated heterocycles. The van der Waals surface area contributed by atoms with Crippen LogP contribution in [0.4, 0.5) is 5.69 Å². The number of carbonyl (C=O) groups is 2. The van der Waals surface area contributed by atoms with Crippen LogP contribution < -0.4 is 5.32 Å². The summed E-state index contributed by atoms with van der Waals surface area (Å²) in [6.45, 7) is 0. The Morgan fingerprint density at radius 3 is 2.65 bits per heavy atom. The van der Waals surface area contributed by atoms with Gasteiger partial charge in [-0.2, -0.15) is 5.26 Å². The highest BCUT2D eigenvalue weighted by Crippen LogP contribution is 2.27. The molecule has 6 nitrogen and oxygen atoms in total. The number of aryl methyl sites for hydroxylation is 2. The molecule has 1 aromatic heterocycles. The number of hydrogen-bond acceptors (Lipinski definition) is 5. The summed E-state index contributed by atoms with van der Waals surface area (Å²) in [5, 5.41) is 21.5. The van der Waals surface area contributed by atoms with E-state index in [0.29, 0.717) is 16.3 Å². The lowest BCUT2D eigenvalue weighted by molar-refractivity contribution is -0.113. The van der Waals surface area contributed by atoms with Crippen LogP contribution in [0.3, 0.4) is 0 Å². The summed E-state index contributed by atoms with van der Waals surface area (Å²) in [4.78, 5) is 27.6. The minimum Gasteiger partial charge on any atom is -0.478 e. The molecule has 1 aromatic carbocycles. The van der Waals surface area contributed by atoms with Crippen LogP contribution in [0.2, 0.25) is 0 Å². The average molecular weight is 367 g/mol. The van der Waals surface area contributed by atoms with Crippen molar-refractivity contribution in [1.82, 2.24) is 4.98 Å². The molecule has 1 aliphatic carbocycles. The molecule has 2 aromatic rings. The maximum absolute atomic E-state index is 12.1. The zero-order valence-corrected chi connectivity index (χ0v) is 14.8. The standard InChI is InChI=1S/C19H17N3O3S/c20-10-14-9-13-3-1-2-4-16(13)22-18(14)26-11-17(23)21-15-7-5-12(6-8-15)19(24)25/h5-9H,1-4,11H2,(H,21,23)(H,24,25). The lowest BCUT2D eigenvalue weighted by atomic mass is 9.95. The number of pyridine rings is 1. The molecule has 0 fully saturated rings. The summed E-state index contributed by atoms with van der Waals surface area (Å²) in [6.07, 6.45) is 4.09. The van der Waals surface area contributed by atoms with E-state index >= 15 is 0 Å². The maximum Gasteiger partial charge on any atom is 0.335 e. The van der Waals surface area contributed by atoms with Gasteiger partial charge >= 0.3 is 5.97 Å². The number of benzene rings is 1. The first-order valence-corrected chi connectivity index (χ1v) is 9.24. The Morgan fingerprint density at radius 2 is 1.96 bits per heavy atom. The summed E-state index contributed by atoms with van der Waals surface area (Å²) in [5.74, 6) is -1.12. The van der Waals surface area contributed by atoms with Crippen molar-refractivity contribution in [2.75, 3.05) is 11.1 Å². The largest absolute Gasteiger partial charge is 0.478 e. The van der Waals surface area contributed by atoms with Crippen molar-refractivity contribution in [2.45, 2.75) is 30.7 Å². The van der Waals surface area contributed by atoms with Gasteiger partial charge in [-0.3, -0.25) is 4.79 Å². The topological polar surface area (TPSA) is 103 Å². The van der Waals surface area contributed by atoms with Gasteiger partial charge in [-0.05, 0) is 61.6 Å². The van der Waals surface area contributed by atoms with Crippen molar-refractivity contribution in [3.05, 3.63) is 52.7 Å².